The van der Waals surface area contributed by atoms with Crippen LogP contribution in [0.1, 0.15) is 69.1 Å². The molecule has 3 N–H and O–H groups in total. The van der Waals surface area contributed by atoms with Gasteiger partial charge < -0.3 is 15.3 Å². The molecular weight excluding hydrogens is 288 g/mol. The second kappa shape index (κ2) is 5.78. The first kappa shape index (κ1) is 16.8. The Bertz CT molecular complexity index is 597. The Kier molecular flexibility index (Phi) is 4.22. The Morgan fingerprint density at radius 2 is 1.96 bits per heavy atom. The molecule has 1 fully saturated rings. The van der Waals surface area contributed by atoms with Gasteiger partial charge in [0.2, 0.25) is 0 Å². The number of hydrogen-bond donors (Lipinski definition) is 3. The number of fused-ring (bicyclic) bond motifs is 3. The normalized spacial score (nSPS) is 34.6. The lowest BCUT2D eigenvalue weighted by molar-refractivity contribution is -0.0179. The number of hydrogen-bond acceptors (Lipinski definition) is 3. The first-order valence-electron chi connectivity index (χ1n) is 8.93. The topological polar surface area (TPSA) is 60.7 Å². The van der Waals surface area contributed by atoms with Crippen molar-refractivity contribution < 1.29 is 15.3 Å². The van der Waals surface area contributed by atoms with Crippen LogP contribution in [-0.4, -0.2) is 28.5 Å². The molecule has 3 heteroatoms. The van der Waals surface area contributed by atoms with E-state index in [1.807, 2.05) is 13.0 Å². The number of aliphatic hydroxyl groups is 2. The fourth-order valence-corrected chi connectivity index (χ4v) is 5.34. The lowest BCUT2D eigenvalue weighted by Gasteiger charge is -2.55. The number of aromatic hydroxyl groups is 1. The molecule has 3 rings (SSSR count). The van der Waals surface area contributed by atoms with E-state index in [0.717, 1.165) is 37.7 Å². The summed E-state index contributed by atoms with van der Waals surface area (Å²) in [4.78, 5) is 0. The molecule has 0 bridgehead atoms. The van der Waals surface area contributed by atoms with E-state index >= 15 is 0 Å². The smallest absolute Gasteiger partial charge is 0.119 e. The van der Waals surface area contributed by atoms with Gasteiger partial charge in [0.15, 0.2) is 0 Å². The van der Waals surface area contributed by atoms with Crippen LogP contribution in [0, 0.1) is 11.3 Å². The minimum absolute atomic E-state index is 0.0165. The van der Waals surface area contributed by atoms with E-state index in [-0.39, 0.29) is 30.0 Å². The molecule has 2 aliphatic rings. The van der Waals surface area contributed by atoms with Crippen molar-refractivity contribution >= 4 is 0 Å². The zero-order chi connectivity index (χ0) is 16.8. The molecule has 0 heterocycles. The summed E-state index contributed by atoms with van der Waals surface area (Å²) in [5.41, 5.74) is 3.45. The Morgan fingerprint density at radius 1 is 1.22 bits per heavy atom. The molecule has 0 aromatic heterocycles. The van der Waals surface area contributed by atoms with Crippen molar-refractivity contribution in [1.29, 1.82) is 0 Å². The van der Waals surface area contributed by atoms with E-state index < -0.39 is 0 Å². The van der Waals surface area contributed by atoms with Crippen LogP contribution >= 0.6 is 0 Å². The molecule has 1 aromatic carbocycles. The summed E-state index contributed by atoms with van der Waals surface area (Å²) in [6, 6.07) is 4.06. The highest BCUT2D eigenvalue weighted by molar-refractivity contribution is 5.49. The average molecular weight is 318 g/mol. The van der Waals surface area contributed by atoms with Crippen molar-refractivity contribution in [3.8, 4) is 5.75 Å². The van der Waals surface area contributed by atoms with Crippen molar-refractivity contribution in [2.24, 2.45) is 11.3 Å². The van der Waals surface area contributed by atoms with E-state index in [4.69, 9.17) is 0 Å². The van der Waals surface area contributed by atoms with Crippen molar-refractivity contribution in [2.45, 2.75) is 64.2 Å². The summed E-state index contributed by atoms with van der Waals surface area (Å²) in [6.07, 6.45) is 5.42. The van der Waals surface area contributed by atoms with Gasteiger partial charge >= 0.3 is 0 Å². The third-order valence-electron chi connectivity index (χ3n) is 6.79. The minimum atomic E-state index is -0.0418. The van der Waals surface area contributed by atoms with Gasteiger partial charge in [0.25, 0.3) is 0 Å². The summed E-state index contributed by atoms with van der Waals surface area (Å²) < 4.78 is 0. The van der Waals surface area contributed by atoms with Gasteiger partial charge in [0, 0.05) is 19.1 Å². The van der Waals surface area contributed by atoms with Crippen LogP contribution < -0.4 is 0 Å². The third-order valence-corrected chi connectivity index (χ3v) is 6.79. The maximum absolute atomic E-state index is 10.5. The van der Waals surface area contributed by atoms with Gasteiger partial charge in [-0.15, -0.1) is 0 Å². The number of aliphatic hydroxyl groups excluding tert-OH is 2. The standard InChI is InChI=1S/C20H30O3/c1-13(11-21)15-9-14-5-6-18-19(2,12-22)7-4-8-20(18,3)16(14)10-17(15)23/h9-10,13,18,21-23H,4-8,11-12H2,1-3H3. The second-order valence-corrected chi connectivity index (χ2v) is 8.33. The molecule has 128 valence electrons. The van der Waals surface area contributed by atoms with Crippen LogP contribution in [0.3, 0.4) is 0 Å². The summed E-state index contributed by atoms with van der Waals surface area (Å²) >= 11 is 0. The van der Waals surface area contributed by atoms with Crippen LogP contribution in [-0.2, 0) is 11.8 Å². The maximum Gasteiger partial charge on any atom is 0.119 e. The monoisotopic (exact) mass is 318 g/mol. The van der Waals surface area contributed by atoms with Crippen molar-refractivity contribution in [2.75, 3.05) is 13.2 Å². The molecule has 0 aliphatic heterocycles. The number of rotatable bonds is 3. The Morgan fingerprint density at radius 3 is 2.61 bits per heavy atom. The third kappa shape index (κ3) is 2.49. The lowest BCUT2D eigenvalue weighted by atomic mass is 9.50. The molecule has 1 aromatic rings. The predicted molar refractivity (Wildman–Crippen MR) is 91.8 cm³/mol. The molecule has 0 amide bonds. The SMILES string of the molecule is CC(CO)c1cc2c(cc1O)C1(C)CCCC(C)(CO)C1CC2. The molecule has 0 radical (unpaired) electrons. The summed E-state index contributed by atoms with van der Waals surface area (Å²) in [7, 11) is 0. The second-order valence-electron chi connectivity index (χ2n) is 8.33. The van der Waals surface area contributed by atoms with Gasteiger partial charge in [-0.3, -0.25) is 0 Å². The lowest BCUT2D eigenvalue weighted by Crippen LogP contribution is -2.50. The molecule has 0 spiro atoms. The minimum Gasteiger partial charge on any atom is -0.508 e. The van der Waals surface area contributed by atoms with Gasteiger partial charge in [-0.1, -0.05) is 33.3 Å². The van der Waals surface area contributed by atoms with Crippen molar-refractivity contribution in [3.63, 3.8) is 0 Å². The Hall–Kier alpha value is -1.06. The fourth-order valence-electron chi connectivity index (χ4n) is 5.34. The number of benzene rings is 1. The largest absolute Gasteiger partial charge is 0.508 e. The predicted octanol–water partition coefficient (Wildman–Crippen LogP) is 3.49. The van der Waals surface area contributed by atoms with Gasteiger partial charge in [-0.05, 0) is 65.2 Å². The van der Waals surface area contributed by atoms with E-state index in [9.17, 15) is 15.3 Å². The van der Waals surface area contributed by atoms with Gasteiger partial charge in [-0.2, -0.15) is 0 Å². The Balaban J connectivity index is 2.08. The van der Waals surface area contributed by atoms with Crippen molar-refractivity contribution in [1.82, 2.24) is 0 Å². The molecule has 4 atom stereocenters. The quantitative estimate of drug-likeness (QED) is 0.799. The highest BCUT2D eigenvalue weighted by Gasteiger charge is 2.51. The molecular formula is C20H30O3. The van der Waals surface area contributed by atoms with E-state index in [1.54, 1.807) is 0 Å². The van der Waals surface area contributed by atoms with Crippen LogP contribution in [0.15, 0.2) is 12.1 Å². The maximum atomic E-state index is 10.5. The van der Waals surface area contributed by atoms with Gasteiger partial charge in [0.1, 0.15) is 5.75 Å². The zero-order valence-corrected chi connectivity index (χ0v) is 14.6. The van der Waals surface area contributed by atoms with Crippen molar-refractivity contribution in [3.05, 3.63) is 28.8 Å². The molecule has 2 aliphatic carbocycles. The first-order chi connectivity index (χ1) is 10.9. The fraction of sp³-hybridized carbons (Fsp3) is 0.700. The van der Waals surface area contributed by atoms with Crippen LogP contribution in [0.25, 0.3) is 0 Å². The molecule has 23 heavy (non-hydrogen) atoms. The van der Waals surface area contributed by atoms with Gasteiger partial charge in [0.05, 0.1) is 0 Å². The van der Waals surface area contributed by atoms with Crippen LogP contribution in [0.2, 0.25) is 0 Å². The summed E-state index contributed by atoms with van der Waals surface area (Å²) in [5, 5.41) is 29.9. The number of phenolic OH excluding ortho intramolecular Hbond substituents is 1. The molecule has 3 nitrogen and oxygen atoms in total. The molecule has 4 unspecified atom stereocenters. The average Bonchev–Trinajstić information content (AvgIpc) is 2.54. The molecule has 1 saturated carbocycles. The molecule has 0 saturated heterocycles. The summed E-state index contributed by atoms with van der Waals surface area (Å²) in [6.45, 7) is 6.78. The first-order valence-corrected chi connectivity index (χ1v) is 8.93. The van der Waals surface area contributed by atoms with Crippen LogP contribution in [0.4, 0.5) is 0 Å². The van der Waals surface area contributed by atoms with E-state index in [1.165, 1.54) is 11.1 Å². The number of phenols is 1. The highest BCUT2D eigenvalue weighted by atomic mass is 16.3. The Labute approximate surface area is 139 Å². The highest BCUT2D eigenvalue weighted by Crippen LogP contribution is 2.57. The number of aryl methyl sites for hydroxylation is 1. The van der Waals surface area contributed by atoms with E-state index in [2.05, 4.69) is 19.9 Å². The van der Waals surface area contributed by atoms with E-state index in [0.29, 0.717) is 11.7 Å². The van der Waals surface area contributed by atoms with Gasteiger partial charge in [-0.25, -0.2) is 0 Å². The van der Waals surface area contributed by atoms with Crippen LogP contribution in [0.5, 0.6) is 5.75 Å². The summed E-state index contributed by atoms with van der Waals surface area (Å²) in [5.74, 6) is 0.727. The zero-order valence-electron chi connectivity index (χ0n) is 14.6.